The van der Waals surface area contributed by atoms with Crippen LogP contribution in [0.5, 0.6) is 0 Å². The standard InChI is InChI=1S/C23H27N3O4S/c1-15-9-22(2,3)14-23(10-15)20(28)26(21(29)25-23)11-19(27)30-12-18-24-17(13-31-18)16-7-5-4-6-8-16/h4-8,13,15H,9-12,14H2,1-3H3,(H,25,29)/t15-,23-/m1/s1. The van der Waals surface area contributed by atoms with E-state index in [0.29, 0.717) is 23.8 Å². The zero-order valence-corrected chi connectivity index (χ0v) is 18.8. The fourth-order valence-corrected chi connectivity index (χ4v) is 5.80. The molecule has 2 fully saturated rings. The number of amides is 3. The largest absolute Gasteiger partial charge is 0.457 e. The molecule has 0 radical (unpaired) electrons. The van der Waals surface area contributed by atoms with Gasteiger partial charge >= 0.3 is 12.0 Å². The summed E-state index contributed by atoms with van der Waals surface area (Å²) in [4.78, 5) is 43.5. The summed E-state index contributed by atoms with van der Waals surface area (Å²) in [5.74, 6) is -0.640. The highest BCUT2D eigenvalue weighted by molar-refractivity contribution is 7.09. The molecule has 2 aromatic rings. The number of rotatable bonds is 5. The molecule has 1 aliphatic heterocycles. The lowest BCUT2D eigenvalue weighted by atomic mass is 9.64. The Morgan fingerprint density at radius 1 is 1.26 bits per heavy atom. The number of aromatic nitrogens is 1. The molecule has 2 atom stereocenters. The predicted octanol–water partition coefficient (Wildman–Crippen LogP) is 3.99. The van der Waals surface area contributed by atoms with Gasteiger partial charge in [0.25, 0.3) is 5.91 Å². The van der Waals surface area contributed by atoms with Crippen molar-refractivity contribution in [3.05, 3.63) is 40.7 Å². The van der Waals surface area contributed by atoms with Crippen LogP contribution in [0.4, 0.5) is 4.79 Å². The van der Waals surface area contributed by atoms with Gasteiger partial charge in [-0.05, 0) is 30.6 Å². The highest BCUT2D eigenvalue weighted by atomic mass is 32.1. The third-order valence-electron chi connectivity index (χ3n) is 5.89. The second-order valence-corrected chi connectivity index (χ2v) is 10.4. The highest BCUT2D eigenvalue weighted by Crippen LogP contribution is 2.46. The molecule has 2 heterocycles. The number of ether oxygens (including phenoxy) is 1. The van der Waals surface area contributed by atoms with Gasteiger partial charge in [0.15, 0.2) is 0 Å². The molecule has 1 saturated heterocycles. The van der Waals surface area contributed by atoms with Crippen molar-refractivity contribution in [1.82, 2.24) is 15.2 Å². The van der Waals surface area contributed by atoms with Gasteiger partial charge in [-0.15, -0.1) is 11.3 Å². The number of nitrogens with zero attached hydrogens (tertiary/aromatic N) is 2. The van der Waals surface area contributed by atoms with Gasteiger partial charge in [-0.2, -0.15) is 0 Å². The lowest BCUT2D eigenvalue weighted by Gasteiger charge is -2.43. The maximum absolute atomic E-state index is 13.1. The molecule has 1 aliphatic carbocycles. The van der Waals surface area contributed by atoms with Gasteiger partial charge in [0.05, 0.1) is 5.69 Å². The van der Waals surface area contributed by atoms with E-state index in [4.69, 9.17) is 4.74 Å². The molecule has 1 spiro atoms. The van der Waals surface area contributed by atoms with E-state index in [9.17, 15) is 14.4 Å². The van der Waals surface area contributed by atoms with Gasteiger partial charge in [0.2, 0.25) is 0 Å². The normalized spacial score (nSPS) is 25.0. The molecule has 0 bridgehead atoms. The third-order valence-corrected chi connectivity index (χ3v) is 6.71. The van der Waals surface area contributed by atoms with Crippen molar-refractivity contribution < 1.29 is 19.1 Å². The molecule has 7 nitrogen and oxygen atoms in total. The van der Waals surface area contributed by atoms with Crippen molar-refractivity contribution in [2.24, 2.45) is 11.3 Å². The van der Waals surface area contributed by atoms with E-state index >= 15 is 0 Å². The lowest BCUT2D eigenvalue weighted by molar-refractivity contribution is -0.149. The summed E-state index contributed by atoms with van der Waals surface area (Å²) >= 11 is 1.40. The van der Waals surface area contributed by atoms with Gasteiger partial charge in [0, 0.05) is 10.9 Å². The Morgan fingerprint density at radius 3 is 2.71 bits per heavy atom. The van der Waals surface area contributed by atoms with Crippen LogP contribution in [0.15, 0.2) is 35.7 Å². The number of carbonyl (C=O) groups excluding carboxylic acids is 3. The van der Waals surface area contributed by atoms with Gasteiger partial charge in [-0.3, -0.25) is 14.5 Å². The molecule has 0 unspecified atom stereocenters. The predicted molar refractivity (Wildman–Crippen MR) is 117 cm³/mol. The van der Waals surface area contributed by atoms with Crippen LogP contribution in [0.25, 0.3) is 11.3 Å². The number of carbonyl (C=O) groups is 3. The lowest BCUT2D eigenvalue weighted by Crippen LogP contribution is -2.54. The van der Waals surface area contributed by atoms with Crippen molar-refractivity contribution in [2.75, 3.05) is 6.54 Å². The second-order valence-electron chi connectivity index (χ2n) is 9.41. The third kappa shape index (κ3) is 4.49. The number of imide groups is 1. The summed E-state index contributed by atoms with van der Waals surface area (Å²) < 4.78 is 5.31. The van der Waals surface area contributed by atoms with E-state index in [1.54, 1.807) is 0 Å². The Kier molecular flexibility index (Phi) is 5.60. The molecule has 3 amide bonds. The molecule has 4 rings (SSSR count). The Bertz CT molecular complexity index is 1000. The van der Waals surface area contributed by atoms with Crippen molar-refractivity contribution in [3.8, 4) is 11.3 Å². The SMILES string of the molecule is C[C@@H]1CC(C)(C)C[C@@]2(C1)NC(=O)N(CC(=O)OCc1nc(-c3ccccc3)cs1)C2=O. The highest BCUT2D eigenvalue weighted by Gasteiger charge is 2.56. The number of hydrogen-bond donors (Lipinski definition) is 1. The molecular weight excluding hydrogens is 414 g/mol. The fraction of sp³-hybridized carbons (Fsp3) is 0.478. The molecule has 164 valence electrons. The Balaban J connectivity index is 1.36. The zero-order chi connectivity index (χ0) is 22.2. The molecule has 31 heavy (non-hydrogen) atoms. The van der Waals surface area contributed by atoms with Crippen LogP contribution in [-0.2, 0) is 20.9 Å². The first kappa shape index (κ1) is 21.5. The number of thiazole rings is 1. The molecule has 1 aromatic carbocycles. The minimum atomic E-state index is -0.918. The number of benzene rings is 1. The smallest absolute Gasteiger partial charge is 0.326 e. The topological polar surface area (TPSA) is 88.6 Å². The summed E-state index contributed by atoms with van der Waals surface area (Å²) in [7, 11) is 0. The van der Waals surface area contributed by atoms with Crippen LogP contribution in [0.2, 0.25) is 0 Å². The summed E-state index contributed by atoms with van der Waals surface area (Å²) in [5.41, 5.74) is 0.837. The maximum Gasteiger partial charge on any atom is 0.326 e. The van der Waals surface area contributed by atoms with E-state index in [2.05, 4.69) is 31.1 Å². The van der Waals surface area contributed by atoms with Crippen molar-refractivity contribution in [2.45, 2.75) is 52.2 Å². The van der Waals surface area contributed by atoms with Crippen molar-refractivity contribution >= 4 is 29.2 Å². The molecule has 8 heteroatoms. The minimum Gasteiger partial charge on any atom is -0.457 e. The van der Waals surface area contributed by atoms with Crippen molar-refractivity contribution in [3.63, 3.8) is 0 Å². The number of nitrogens with one attached hydrogen (secondary N) is 1. The average Bonchev–Trinajstić information content (AvgIpc) is 3.25. The number of esters is 1. The van der Waals surface area contributed by atoms with E-state index in [-0.39, 0.29) is 17.9 Å². The maximum atomic E-state index is 13.1. The van der Waals surface area contributed by atoms with Crippen LogP contribution in [0.3, 0.4) is 0 Å². The van der Waals surface area contributed by atoms with Crippen LogP contribution >= 0.6 is 11.3 Å². The first-order valence-corrected chi connectivity index (χ1v) is 11.3. The minimum absolute atomic E-state index is 0.00912. The summed E-state index contributed by atoms with van der Waals surface area (Å²) in [5, 5.41) is 5.44. The Morgan fingerprint density at radius 2 is 2.00 bits per heavy atom. The Labute approximate surface area is 185 Å². The first-order valence-electron chi connectivity index (χ1n) is 10.5. The summed E-state index contributed by atoms with van der Waals surface area (Å²) in [6.07, 6.45) is 2.16. The quantitative estimate of drug-likeness (QED) is 0.560. The number of hydrogen-bond acceptors (Lipinski definition) is 6. The van der Waals surface area contributed by atoms with E-state index in [0.717, 1.165) is 22.6 Å². The van der Waals surface area contributed by atoms with E-state index in [1.165, 1.54) is 11.3 Å². The van der Waals surface area contributed by atoms with Gasteiger partial charge in [-0.1, -0.05) is 51.1 Å². The van der Waals surface area contributed by atoms with Crippen LogP contribution in [-0.4, -0.2) is 39.9 Å². The van der Waals surface area contributed by atoms with E-state index < -0.39 is 24.1 Å². The first-order chi connectivity index (χ1) is 14.7. The second kappa shape index (κ2) is 8.07. The summed E-state index contributed by atoms with van der Waals surface area (Å²) in [6.45, 7) is 5.93. The van der Waals surface area contributed by atoms with Crippen LogP contribution < -0.4 is 5.32 Å². The Hall–Kier alpha value is -2.74. The van der Waals surface area contributed by atoms with Crippen LogP contribution in [0, 0.1) is 11.3 Å². The van der Waals surface area contributed by atoms with Gasteiger partial charge in [-0.25, -0.2) is 9.78 Å². The molecule has 1 saturated carbocycles. The molecule has 1 N–H and O–H groups in total. The zero-order valence-electron chi connectivity index (χ0n) is 18.0. The fourth-order valence-electron chi connectivity index (χ4n) is 5.09. The number of urea groups is 1. The van der Waals surface area contributed by atoms with Crippen molar-refractivity contribution in [1.29, 1.82) is 0 Å². The molecule has 1 aromatic heterocycles. The van der Waals surface area contributed by atoms with E-state index in [1.807, 2.05) is 35.7 Å². The average molecular weight is 442 g/mol. The van der Waals surface area contributed by atoms with Gasteiger partial charge in [0.1, 0.15) is 23.7 Å². The molecule has 2 aliphatic rings. The van der Waals surface area contributed by atoms with Gasteiger partial charge < -0.3 is 10.1 Å². The summed E-state index contributed by atoms with van der Waals surface area (Å²) in [6, 6.07) is 9.22. The monoisotopic (exact) mass is 441 g/mol. The van der Waals surface area contributed by atoms with Crippen LogP contribution in [0.1, 0.15) is 45.0 Å². The molecular formula is C23H27N3O4S.